The number of allylic oxidation sites excluding steroid dienone is 1. The number of benzene rings is 1. The molecule has 0 aliphatic carbocycles. The van der Waals surface area contributed by atoms with E-state index in [2.05, 4.69) is 40.3 Å². The van der Waals surface area contributed by atoms with Crippen LogP contribution in [0.4, 0.5) is 0 Å². The van der Waals surface area contributed by atoms with Gasteiger partial charge in [-0.15, -0.1) is 0 Å². The zero-order valence-corrected chi connectivity index (χ0v) is 10.3. The molecule has 0 atom stereocenters. The smallest absolute Gasteiger partial charge is 0.0488 e. The third-order valence-electron chi connectivity index (χ3n) is 2.88. The third kappa shape index (κ3) is 4.04. The van der Waals surface area contributed by atoms with Gasteiger partial charge in [-0.2, -0.15) is 5.10 Å². The molecule has 0 radical (unpaired) electrons. The Morgan fingerprint density at radius 2 is 1.76 bits per heavy atom. The van der Waals surface area contributed by atoms with Crippen molar-refractivity contribution < 1.29 is 0 Å². The molecule has 0 bridgehead atoms. The van der Waals surface area contributed by atoms with Crippen LogP contribution in [0.3, 0.4) is 0 Å². The average Bonchev–Trinajstić information content (AvgIpc) is 2.38. The molecule has 3 nitrogen and oxygen atoms in total. The van der Waals surface area contributed by atoms with Crippen molar-refractivity contribution in [1.82, 2.24) is 9.91 Å². The number of hydrogen-bond acceptors (Lipinski definition) is 3. The van der Waals surface area contributed by atoms with Gasteiger partial charge >= 0.3 is 0 Å². The molecule has 0 N–H and O–H groups in total. The highest BCUT2D eigenvalue weighted by molar-refractivity contribution is 5.77. The number of piperazine rings is 1. The summed E-state index contributed by atoms with van der Waals surface area (Å²) < 4.78 is 0. The zero-order valence-electron chi connectivity index (χ0n) is 10.3. The van der Waals surface area contributed by atoms with Gasteiger partial charge in [0.1, 0.15) is 0 Å². The van der Waals surface area contributed by atoms with E-state index in [1.165, 1.54) is 5.56 Å². The standard InChI is InChI=1S/C14H19N3/c1-16-10-12-17(13-11-16)15-9-5-8-14-6-3-2-4-7-14/h2-9H,10-13H2,1H3/b8-5+,15-9+. The molecule has 1 aromatic carbocycles. The van der Waals surface area contributed by atoms with Gasteiger partial charge in [0.05, 0.1) is 0 Å². The van der Waals surface area contributed by atoms with Gasteiger partial charge in [0.2, 0.25) is 0 Å². The van der Waals surface area contributed by atoms with E-state index in [-0.39, 0.29) is 0 Å². The molecule has 0 unspecified atom stereocenters. The average molecular weight is 229 g/mol. The first kappa shape index (κ1) is 11.9. The van der Waals surface area contributed by atoms with Crippen LogP contribution in [-0.2, 0) is 0 Å². The Morgan fingerprint density at radius 1 is 1.06 bits per heavy atom. The quantitative estimate of drug-likeness (QED) is 0.738. The molecule has 2 rings (SSSR count). The van der Waals surface area contributed by atoms with Crippen LogP contribution in [0.25, 0.3) is 6.08 Å². The van der Waals surface area contributed by atoms with Crippen molar-refractivity contribution in [2.24, 2.45) is 5.10 Å². The van der Waals surface area contributed by atoms with Crippen molar-refractivity contribution in [1.29, 1.82) is 0 Å². The maximum absolute atomic E-state index is 4.43. The molecule has 90 valence electrons. The van der Waals surface area contributed by atoms with E-state index in [4.69, 9.17) is 0 Å². The van der Waals surface area contributed by atoms with E-state index < -0.39 is 0 Å². The highest BCUT2D eigenvalue weighted by Gasteiger charge is 2.10. The third-order valence-corrected chi connectivity index (χ3v) is 2.88. The first-order valence-electron chi connectivity index (χ1n) is 6.04. The predicted molar refractivity (Wildman–Crippen MR) is 73.0 cm³/mol. The maximum Gasteiger partial charge on any atom is 0.0488 e. The Balaban J connectivity index is 1.80. The minimum Gasteiger partial charge on any atom is -0.303 e. The van der Waals surface area contributed by atoms with Crippen LogP contribution < -0.4 is 0 Å². The second-order valence-corrected chi connectivity index (χ2v) is 4.29. The van der Waals surface area contributed by atoms with E-state index in [0.717, 1.165) is 26.2 Å². The van der Waals surface area contributed by atoms with Crippen molar-refractivity contribution in [3.8, 4) is 0 Å². The molecule has 0 aromatic heterocycles. The molecule has 1 aromatic rings. The first-order valence-corrected chi connectivity index (χ1v) is 6.04. The maximum atomic E-state index is 4.43. The molecule has 1 saturated heterocycles. The summed E-state index contributed by atoms with van der Waals surface area (Å²) >= 11 is 0. The lowest BCUT2D eigenvalue weighted by Gasteiger charge is -2.30. The summed E-state index contributed by atoms with van der Waals surface area (Å²) in [6, 6.07) is 10.3. The van der Waals surface area contributed by atoms with Crippen molar-refractivity contribution in [3.63, 3.8) is 0 Å². The summed E-state index contributed by atoms with van der Waals surface area (Å²) in [6.07, 6.45) is 5.94. The lowest BCUT2D eigenvalue weighted by atomic mass is 10.2. The second kappa shape index (κ2) is 6.21. The van der Waals surface area contributed by atoms with Gasteiger partial charge in [-0.1, -0.05) is 36.4 Å². The minimum absolute atomic E-state index is 1.02. The molecule has 0 amide bonds. The van der Waals surface area contributed by atoms with Crippen LogP contribution in [0.15, 0.2) is 41.5 Å². The Bertz CT molecular complexity index is 376. The number of rotatable bonds is 3. The highest BCUT2D eigenvalue weighted by Crippen LogP contribution is 2.01. The van der Waals surface area contributed by atoms with Crippen LogP contribution >= 0.6 is 0 Å². The topological polar surface area (TPSA) is 18.8 Å². The Hall–Kier alpha value is -1.61. The van der Waals surface area contributed by atoms with E-state index in [1.807, 2.05) is 30.5 Å². The number of hydrazone groups is 1. The fourth-order valence-electron chi connectivity index (χ4n) is 1.76. The monoisotopic (exact) mass is 229 g/mol. The molecular weight excluding hydrogens is 210 g/mol. The summed E-state index contributed by atoms with van der Waals surface area (Å²) in [5.74, 6) is 0. The summed E-state index contributed by atoms with van der Waals surface area (Å²) in [6.45, 7) is 4.23. The molecule has 1 aliphatic heterocycles. The zero-order chi connectivity index (χ0) is 11.9. The minimum atomic E-state index is 1.02. The fraction of sp³-hybridized carbons (Fsp3) is 0.357. The van der Waals surface area contributed by atoms with Crippen molar-refractivity contribution in [3.05, 3.63) is 42.0 Å². The van der Waals surface area contributed by atoms with E-state index in [9.17, 15) is 0 Å². The fourth-order valence-corrected chi connectivity index (χ4v) is 1.76. The number of likely N-dealkylation sites (N-methyl/N-ethyl adjacent to an activating group) is 1. The molecule has 0 saturated carbocycles. The first-order chi connectivity index (χ1) is 8.34. The van der Waals surface area contributed by atoms with Crippen molar-refractivity contribution in [2.45, 2.75) is 0 Å². The predicted octanol–water partition coefficient (Wildman–Crippen LogP) is 1.93. The molecule has 1 fully saturated rings. The van der Waals surface area contributed by atoms with E-state index >= 15 is 0 Å². The molecular formula is C14H19N3. The van der Waals surface area contributed by atoms with Crippen molar-refractivity contribution >= 4 is 12.3 Å². The van der Waals surface area contributed by atoms with Crippen LogP contribution in [0.2, 0.25) is 0 Å². The molecule has 17 heavy (non-hydrogen) atoms. The largest absolute Gasteiger partial charge is 0.303 e. The van der Waals surface area contributed by atoms with Crippen LogP contribution in [0.1, 0.15) is 5.56 Å². The van der Waals surface area contributed by atoms with Gasteiger partial charge < -0.3 is 4.90 Å². The lowest BCUT2D eigenvalue weighted by molar-refractivity contribution is 0.160. The summed E-state index contributed by atoms with van der Waals surface area (Å²) in [7, 11) is 2.15. The summed E-state index contributed by atoms with van der Waals surface area (Å²) in [5, 5.41) is 6.55. The van der Waals surface area contributed by atoms with Gasteiger partial charge in [0.25, 0.3) is 0 Å². The molecule has 3 heteroatoms. The van der Waals surface area contributed by atoms with E-state index in [0.29, 0.717) is 0 Å². The van der Waals surface area contributed by atoms with Crippen molar-refractivity contribution in [2.75, 3.05) is 33.2 Å². The van der Waals surface area contributed by atoms with E-state index in [1.54, 1.807) is 0 Å². The van der Waals surface area contributed by atoms with Gasteiger partial charge in [0, 0.05) is 32.4 Å². The van der Waals surface area contributed by atoms with Crippen LogP contribution in [-0.4, -0.2) is 49.4 Å². The van der Waals surface area contributed by atoms with Gasteiger partial charge in [-0.05, 0) is 18.7 Å². The SMILES string of the molecule is CN1CCN(/N=C/C=C/c2ccccc2)CC1. The molecule has 1 aliphatic rings. The summed E-state index contributed by atoms with van der Waals surface area (Å²) in [5.41, 5.74) is 1.21. The lowest BCUT2D eigenvalue weighted by Crippen LogP contribution is -2.41. The molecule has 1 heterocycles. The number of hydrogen-bond donors (Lipinski definition) is 0. The Kier molecular flexibility index (Phi) is 4.33. The second-order valence-electron chi connectivity index (χ2n) is 4.29. The Morgan fingerprint density at radius 3 is 2.47 bits per heavy atom. The Labute approximate surface area is 103 Å². The summed E-state index contributed by atoms with van der Waals surface area (Å²) in [4.78, 5) is 2.33. The van der Waals surface area contributed by atoms with Gasteiger partial charge in [0.15, 0.2) is 0 Å². The number of nitrogens with zero attached hydrogens (tertiary/aromatic N) is 3. The van der Waals surface area contributed by atoms with Crippen LogP contribution in [0.5, 0.6) is 0 Å². The van der Waals surface area contributed by atoms with Gasteiger partial charge in [-0.25, -0.2) is 0 Å². The van der Waals surface area contributed by atoms with Gasteiger partial charge in [-0.3, -0.25) is 5.01 Å². The highest BCUT2D eigenvalue weighted by atomic mass is 15.5. The van der Waals surface area contributed by atoms with Crippen LogP contribution in [0, 0.1) is 0 Å². The normalized spacial score (nSPS) is 18.3. The molecule has 0 spiro atoms.